The molecule has 118 valence electrons. The number of non-ortho nitro benzene ring substituents is 1. The molecule has 9 nitrogen and oxygen atoms in total. The number of nitro benzene ring substituents is 1. The summed E-state index contributed by atoms with van der Waals surface area (Å²) in [5.74, 6) is 0.471. The molecule has 10 heteroatoms. The molecular formula is C13H12BrN7O2. The number of nitrogens with zero attached hydrogens (tertiary/aromatic N) is 7. The number of aryl methyl sites for hydroxylation is 1. The summed E-state index contributed by atoms with van der Waals surface area (Å²) >= 11 is 3.47. The Morgan fingerprint density at radius 2 is 2.04 bits per heavy atom. The smallest absolute Gasteiger partial charge is 0.258 e. The lowest BCUT2D eigenvalue weighted by Gasteiger charge is -1.99. The summed E-state index contributed by atoms with van der Waals surface area (Å²) in [4.78, 5) is 11.6. The number of nitro groups is 1. The zero-order chi connectivity index (χ0) is 16.4. The van der Waals surface area contributed by atoms with E-state index in [1.807, 2.05) is 6.92 Å². The van der Waals surface area contributed by atoms with Crippen molar-refractivity contribution in [2.75, 3.05) is 0 Å². The molecule has 0 aliphatic heterocycles. The Morgan fingerprint density at radius 3 is 2.65 bits per heavy atom. The third-order valence-corrected chi connectivity index (χ3v) is 4.08. The monoisotopic (exact) mass is 377 g/mol. The quantitative estimate of drug-likeness (QED) is 0.498. The minimum atomic E-state index is -0.432. The highest BCUT2D eigenvalue weighted by atomic mass is 79.9. The van der Waals surface area contributed by atoms with Crippen molar-refractivity contribution in [3.05, 3.63) is 50.7 Å². The summed E-state index contributed by atoms with van der Waals surface area (Å²) < 4.78 is 2.58. The number of aromatic nitrogens is 6. The molecule has 0 aliphatic carbocycles. The van der Waals surface area contributed by atoms with E-state index in [0.29, 0.717) is 12.4 Å². The normalized spacial score (nSPS) is 10.9. The molecule has 2 heterocycles. The van der Waals surface area contributed by atoms with Crippen LogP contribution in [-0.4, -0.2) is 34.9 Å². The first-order chi connectivity index (χ1) is 11.1. The molecular weight excluding hydrogens is 366 g/mol. The Balaban J connectivity index is 1.79. The summed E-state index contributed by atoms with van der Waals surface area (Å²) in [6.45, 7) is 3.10. The molecule has 3 aromatic rings. The lowest BCUT2D eigenvalue weighted by atomic mass is 10.2. The number of hydrogen-bond acceptors (Lipinski definition) is 6. The molecule has 0 aliphatic rings. The predicted molar refractivity (Wildman–Crippen MR) is 84.6 cm³/mol. The van der Waals surface area contributed by atoms with Gasteiger partial charge in [0.05, 0.1) is 23.2 Å². The van der Waals surface area contributed by atoms with Crippen LogP contribution in [0.15, 0.2) is 35.1 Å². The number of benzene rings is 1. The van der Waals surface area contributed by atoms with Gasteiger partial charge >= 0.3 is 0 Å². The minimum Gasteiger partial charge on any atom is -0.258 e. The third kappa shape index (κ3) is 3.11. The molecule has 0 N–H and O–H groups in total. The molecule has 0 amide bonds. The number of hydrogen-bond donors (Lipinski definition) is 0. The summed E-state index contributed by atoms with van der Waals surface area (Å²) in [6.07, 6.45) is 1.68. The van der Waals surface area contributed by atoms with Crippen LogP contribution in [0.1, 0.15) is 12.5 Å². The zero-order valence-corrected chi connectivity index (χ0v) is 13.7. The SMILES string of the molecule is CCn1ncc(-c2nnn(Cc3ccc([N+](=O)[O-])cc3)n2)c1Br. The summed E-state index contributed by atoms with van der Waals surface area (Å²) in [5.41, 5.74) is 1.67. The third-order valence-electron chi connectivity index (χ3n) is 3.24. The Bertz CT molecular complexity index is 840. The molecule has 0 saturated carbocycles. The minimum absolute atomic E-state index is 0.0527. The van der Waals surface area contributed by atoms with Gasteiger partial charge in [-0.1, -0.05) is 12.1 Å². The summed E-state index contributed by atoms with van der Waals surface area (Å²) in [7, 11) is 0. The van der Waals surface area contributed by atoms with E-state index >= 15 is 0 Å². The van der Waals surface area contributed by atoms with Gasteiger partial charge in [0.1, 0.15) is 4.60 Å². The van der Waals surface area contributed by atoms with Crippen molar-refractivity contribution in [2.45, 2.75) is 20.0 Å². The van der Waals surface area contributed by atoms with Crippen LogP contribution in [0.25, 0.3) is 11.4 Å². The van der Waals surface area contributed by atoms with Gasteiger partial charge in [0.2, 0.25) is 5.82 Å². The number of rotatable bonds is 5. The molecule has 3 rings (SSSR count). The summed E-state index contributed by atoms with van der Waals surface area (Å²) in [5, 5.41) is 27.2. The van der Waals surface area contributed by atoms with E-state index < -0.39 is 4.92 Å². The van der Waals surface area contributed by atoms with Gasteiger partial charge in [0.25, 0.3) is 5.69 Å². The van der Waals surface area contributed by atoms with Crippen LogP contribution < -0.4 is 0 Å². The van der Waals surface area contributed by atoms with E-state index in [1.165, 1.54) is 16.9 Å². The van der Waals surface area contributed by atoms with Crippen molar-refractivity contribution >= 4 is 21.6 Å². The molecule has 1 aromatic carbocycles. The number of halogens is 1. The van der Waals surface area contributed by atoms with Crippen LogP contribution in [0, 0.1) is 10.1 Å². The first kappa shape index (κ1) is 15.3. The lowest BCUT2D eigenvalue weighted by molar-refractivity contribution is -0.384. The molecule has 23 heavy (non-hydrogen) atoms. The molecule has 0 spiro atoms. The Labute approximate surface area is 139 Å². The van der Waals surface area contributed by atoms with Crippen LogP contribution in [0.3, 0.4) is 0 Å². The van der Waals surface area contributed by atoms with Crippen molar-refractivity contribution in [1.82, 2.24) is 30.0 Å². The predicted octanol–water partition coefficient (Wildman–Crippen LogP) is 2.28. The molecule has 0 bridgehead atoms. The Kier molecular flexibility index (Phi) is 4.15. The molecule has 0 saturated heterocycles. The van der Waals surface area contributed by atoms with Crippen LogP contribution >= 0.6 is 15.9 Å². The second kappa shape index (κ2) is 6.24. The number of tetrazole rings is 1. The summed E-state index contributed by atoms with van der Waals surface area (Å²) in [6, 6.07) is 6.25. The van der Waals surface area contributed by atoms with E-state index in [-0.39, 0.29) is 5.69 Å². The van der Waals surface area contributed by atoms with E-state index in [9.17, 15) is 10.1 Å². The molecule has 0 fully saturated rings. The average molecular weight is 378 g/mol. The van der Waals surface area contributed by atoms with Crippen molar-refractivity contribution < 1.29 is 4.92 Å². The average Bonchev–Trinajstić information content (AvgIpc) is 3.14. The maximum absolute atomic E-state index is 10.6. The Morgan fingerprint density at radius 1 is 1.30 bits per heavy atom. The second-order valence-corrected chi connectivity index (χ2v) is 5.48. The van der Waals surface area contributed by atoms with Crippen LogP contribution in [0.4, 0.5) is 5.69 Å². The van der Waals surface area contributed by atoms with Gasteiger partial charge in [-0.2, -0.15) is 9.90 Å². The van der Waals surface area contributed by atoms with E-state index in [1.54, 1.807) is 23.0 Å². The molecule has 0 radical (unpaired) electrons. The fourth-order valence-electron chi connectivity index (χ4n) is 2.05. The highest BCUT2D eigenvalue weighted by Crippen LogP contribution is 2.24. The second-order valence-electron chi connectivity index (χ2n) is 4.73. The van der Waals surface area contributed by atoms with E-state index in [2.05, 4.69) is 36.4 Å². The van der Waals surface area contributed by atoms with Crippen molar-refractivity contribution in [2.24, 2.45) is 0 Å². The van der Waals surface area contributed by atoms with E-state index in [4.69, 9.17) is 0 Å². The van der Waals surface area contributed by atoms with Gasteiger partial charge in [-0.05, 0) is 33.6 Å². The van der Waals surface area contributed by atoms with Gasteiger partial charge in [-0.15, -0.1) is 10.2 Å². The fraction of sp³-hybridized carbons (Fsp3) is 0.231. The Hall–Kier alpha value is -2.62. The molecule has 2 aromatic heterocycles. The van der Waals surface area contributed by atoms with Gasteiger partial charge in [0, 0.05) is 18.7 Å². The fourth-order valence-corrected chi connectivity index (χ4v) is 2.67. The zero-order valence-electron chi connectivity index (χ0n) is 12.1. The van der Waals surface area contributed by atoms with Crippen LogP contribution in [0.2, 0.25) is 0 Å². The molecule has 0 unspecified atom stereocenters. The van der Waals surface area contributed by atoms with Gasteiger partial charge in [-0.25, -0.2) is 0 Å². The maximum Gasteiger partial charge on any atom is 0.269 e. The molecule has 0 atom stereocenters. The largest absolute Gasteiger partial charge is 0.269 e. The van der Waals surface area contributed by atoms with Crippen molar-refractivity contribution in [3.8, 4) is 11.4 Å². The highest BCUT2D eigenvalue weighted by Gasteiger charge is 2.14. The van der Waals surface area contributed by atoms with E-state index in [0.717, 1.165) is 22.3 Å². The first-order valence-corrected chi connectivity index (χ1v) is 7.60. The highest BCUT2D eigenvalue weighted by molar-refractivity contribution is 9.10. The van der Waals surface area contributed by atoms with Crippen molar-refractivity contribution in [1.29, 1.82) is 0 Å². The van der Waals surface area contributed by atoms with Crippen LogP contribution in [0.5, 0.6) is 0 Å². The van der Waals surface area contributed by atoms with Gasteiger partial charge in [-0.3, -0.25) is 14.8 Å². The van der Waals surface area contributed by atoms with Crippen LogP contribution in [-0.2, 0) is 13.1 Å². The lowest BCUT2D eigenvalue weighted by Crippen LogP contribution is -2.04. The van der Waals surface area contributed by atoms with Crippen molar-refractivity contribution in [3.63, 3.8) is 0 Å². The standard InChI is InChI=1S/C13H12BrN7O2/c1-2-19-12(14)11(7-15-19)13-16-18-20(17-13)8-9-3-5-10(6-4-9)21(22)23/h3-7H,2,8H2,1H3. The first-order valence-electron chi connectivity index (χ1n) is 6.81. The van der Waals surface area contributed by atoms with Gasteiger partial charge in [0.15, 0.2) is 0 Å². The topological polar surface area (TPSA) is 105 Å². The van der Waals surface area contributed by atoms with Gasteiger partial charge < -0.3 is 0 Å². The maximum atomic E-state index is 10.6.